The van der Waals surface area contributed by atoms with Crippen LogP contribution in [0.4, 0.5) is 0 Å². The average Bonchev–Trinajstić information content (AvgIpc) is 2.46. The summed E-state index contributed by atoms with van der Waals surface area (Å²) in [7, 11) is -3.67. The van der Waals surface area contributed by atoms with Crippen LogP contribution in [0.2, 0.25) is 0 Å². The second kappa shape index (κ2) is 11.8. The van der Waals surface area contributed by atoms with Crippen molar-refractivity contribution in [2.24, 2.45) is 10.3 Å². The van der Waals surface area contributed by atoms with Crippen molar-refractivity contribution < 1.29 is 8.42 Å². The molecule has 0 bridgehead atoms. The predicted octanol–water partition coefficient (Wildman–Crippen LogP) is 3.14. The van der Waals surface area contributed by atoms with E-state index >= 15 is 0 Å². The Morgan fingerprint density at radius 2 is 1.60 bits per heavy atom. The minimum atomic E-state index is -3.67. The van der Waals surface area contributed by atoms with Crippen molar-refractivity contribution in [2.45, 2.75) is 39.0 Å². The summed E-state index contributed by atoms with van der Waals surface area (Å²) in [6.45, 7) is 2.26. The maximum atomic E-state index is 9.19. The van der Waals surface area contributed by atoms with Crippen molar-refractivity contribution in [3.8, 4) is 0 Å². The van der Waals surface area contributed by atoms with E-state index in [4.69, 9.17) is 0 Å². The molecule has 4 nitrogen and oxygen atoms in total. The van der Waals surface area contributed by atoms with Crippen LogP contribution in [0.15, 0.2) is 41.8 Å². The number of nitrogens with two attached hydrogens (primary N) is 2. The van der Waals surface area contributed by atoms with Crippen LogP contribution in [0.25, 0.3) is 0 Å². The van der Waals surface area contributed by atoms with Gasteiger partial charge in [-0.1, -0.05) is 56.5 Å². The summed E-state index contributed by atoms with van der Waals surface area (Å²) in [5.74, 6) is 0. The molecule has 0 spiro atoms. The molecule has 1 aromatic heterocycles. The van der Waals surface area contributed by atoms with E-state index < -0.39 is 10.2 Å². The number of hydrogen-bond acceptors (Lipinski definition) is 3. The molecule has 1 aromatic rings. The third-order valence-corrected chi connectivity index (χ3v) is 3.24. The summed E-state index contributed by atoms with van der Waals surface area (Å²) in [5, 5.41) is 10.4. The fourth-order valence-electron chi connectivity index (χ4n) is 1.43. The molecule has 0 saturated heterocycles. The molecule has 6 heteroatoms. The van der Waals surface area contributed by atoms with Gasteiger partial charge in [0.2, 0.25) is 0 Å². The topological polar surface area (TPSA) is 86.2 Å². The van der Waals surface area contributed by atoms with E-state index in [0.717, 1.165) is 0 Å². The maximum absolute atomic E-state index is 9.19. The highest BCUT2D eigenvalue weighted by Gasteiger charge is 1.90. The number of rotatable bonds is 5. The minimum absolute atomic E-state index is 1.22. The van der Waals surface area contributed by atoms with Gasteiger partial charge in [-0.2, -0.15) is 8.42 Å². The highest BCUT2D eigenvalue weighted by atomic mass is 32.2. The highest BCUT2D eigenvalue weighted by molar-refractivity contribution is 7.86. The van der Waals surface area contributed by atoms with Crippen molar-refractivity contribution in [3.05, 3.63) is 46.7 Å². The molecule has 4 N–H and O–H groups in total. The smallest absolute Gasteiger partial charge is 0.216 e. The van der Waals surface area contributed by atoms with E-state index in [1.165, 1.54) is 37.0 Å². The lowest BCUT2D eigenvalue weighted by molar-refractivity contribution is 0.599. The zero-order valence-corrected chi connectivity index (χ0v) is 13.5. The van der Waals surface area contributed by atoms with Crippen LogP contribution < -0.4 is 10.3 Å². The first-order valence-electron chi connectivity index (χ1n) is 6.59. The number of unbranched alkanes of at least 4 members (excludes halogenated alkanes) is 3. The molecule has 0 fully saturated rings. The third-order valence-electron chi connectivity index (χ3n) is 2.30. The van der Waals surface area contributed by atoms with Crippen molar-refractivity contribution in [3.63, 3.8) is 0 Å². The molecule has 114 valence electrons. The summed E-state index contributed by atoms with van der Waals surface area (Å²) in [6.07, 6.45) is 6.59. The van der Waals surface area contributed by atoms with Crippen molar-refractivity contribution >= 4 is 21.5 Å². The van der Waals surface area contributed by atoms with Gasteiger partial charge in [0.05, 0.1) is 0 Å². The van der Waals surface area contributed by atoms with Gasteiger partial charge in [0.1, 0.15) is 0 Å². The van der Waals surface area contributed by atoms with Gasteiger partial charge < -0.3 is 0 Å². The summed E-state index contributed by atoms with van der Waals surface area (Å²) in [6, 6.07) is 12.7. The molecule has 20 heavy (non-hydrogen) atoms. The van der Waals surface area contributed by atoms with E-state index in [1.54, 1.807) is 0 Å². The molecule has 0 radical (unpaired) electrons. The average molecular weight is 316 g/mol. The highest BCUT2D eigenvalue weighted by Crippen LogP contribution is 2.10. The second-order valence-corrected chi connectivity index (χ2v) is 6.46. The largest absolute Gasteiger partial charge is 0.271 e. The van der Waals surface area contributed by atoms with E-state index in [9.17, 15) is 8.42 Å². The van der Waals surface area contributed by atoms with Gasteiger partial charge in [-0.25, -0.2) is 10.3 Å². The Morgan fingerprint density at radius 1 is 1.00 bits per heavy atom. The van der Waals surface area contributed by atoms with E-state index in [0.29, 0.717) is 0 Å². The third kappa shape index (κ3) is 17.1. The Morgan fingerprint density at radius 3 is 2.25 bits per heavy atom. The van der Waals surface area contributed by atoms with Crippen molar-refractivity contribution in [2.75, 3.05) is 0 Å². The van der Waals surface area contributed by atoms with Crippen LogP contribution in [0.3, 0.4) is 0 Å². The lowest BCUT2D eigenvalue weighted by Crippen LogP contribution is -2.21. The molecule has 0 unspecified atom stereocenters. The van der Waals surface area contributed by atoms with Crippen LogP contribution in [-0.2, 0) is 16.6 Å². The molecular weight excluding hydrogens is 292 g/mol. The van der Waals surface area contributed by atoms with E-state index in [1.807, 2.05) is 11.3 Å². The zero-order valence-electron chi connectivity index (χ0n) is 11.9. The van der Waals surface area contributed by atoms with Crippen LogP contribution in [0.1, 0.15) is 37.5 Å². The lowest BCUT2D eigenvalue weighted by atomic mass is 10.1. The molecule has 0 atom stereocenters. The van der Waals surface area contributed by atoms with Crippen LogP contribution in [-0.4, -0.2) is 8.42 Å². The quantitative estimate of drug-likeness (QED) is 0.818. The van der Waals surface area contributed by atoms with Crippen molar-refractivity contribution in [1.82, 2.24) is 0 Å². The molecule has 1 heterocycles. The van der Waals surface area contributed by atoms with Gasteiger partial charge in [-0.05, 0) is 24.3 Å². The fourth-order valence-corrected chi connectivity index (χ4v) is 2.20. The molecule has 0 amide bonds. The summed E-state index contributed by atoms with van der Waals surface area (Å²) < 4.78 is 18.4. The fraction of sp³-hybridized carbons (Fsp3) is 0.429. The van der Waals surface area contributed by atoms with Crippen molar-refractivity contribution in [1.29, 1.82) is 0 Å². The van der Waals surface area contributed by atoms with Gasteiger partial charge in [0.15, 0.2) is 0 Å². The summed E-state index contributed by atoms with van der Waals surface area (Å²) >= 11 is 1.85. The molecular formula is C14H24N2O2S2. The molecule has 0 aliphatic rings. The van der Waals surface area contributed by atoms with Gasteiger partial charge in [-0.3, -0.25) is 0 Å². The lowest BCUT2D eigenvalue weighted by Gasteiger charge is -1.97. The van der Waals surface area contributed by atoms with Gasteiger partial charge in [0.25, 0.3) is 10.2 Å². The number of hydrogen-bond donors (Lipinski definition) is 2. The van der Waals surface area contributed by atoms with Crippen LogP contribution in [0, 0.1) is 0 Å². The van der Waals surface area contributed by atoms with Crippen LogP contribution >= 0.6 is 11.3 Å². The maximum Gasteiger partial charge on any atom is 0.271 e. The Hall–Kier alpha value is -0.950. The zero-order chi connectivity index (χ0) is 15.3. The minimum Gasteiger partial charge on any atom is -0.216 e. The Kier molecular flexibility index (Phi) is 11.3. The summed E-state index contributed by atoms with van der Waals surface area (Å²) in [4.78, 5) is 1.47. The van der Waals surface area contributed by atoms with Gasteiger partial charge in [-0.15, -0.1) is 11.3 Å². The predicted molar refractivity (Wildman–Crippen MR) is 87.1 cm³/mol. The van der Waals surface area contributed by atoms with E-state index in [2.05, 4.69) is 59.0 Å². The first-order valence-corrected chi connectivity index (χ1v) is 9.08. The SMILES string of the molecule is CCCCCCc1cccccccs1.NS(N)(=O)=O. The Labute approximate surface area is 126 Å². The van der Waals surface area contributed by atoms with E-state index in [-0.39, 0.29) is 0 Å². The Bertz CT molecular complexity index is 465. The summed E-state index contributed by atoms with van der Waals surface area (Å²) in [5.41, 5.74) is 0. The second-order valence-electron chi connectivity index (χ2n) is 4.25. The molecule has 0 aliphatic heterocycles. The normalized spacial score (nSPS) is 10.2. The first kappa shape index (κ1) is 19.1. The number of aryl methyl sites for hydroxylation is 1. The van der Waals surface area contributed by atoms with Crippen LogP contribution in [0.5, 0.6) is 0 Å². The first-order chi connectivity index (χ1) is 9.43. The molecule has 0 aliphatic carbocycles. The molecule has 0 aromatic carbocycles. The molecule has 1 rings (SSSR count). The van der Waals surface area contributed by atoms with Gasteiger partial charge in [0, 0.05) is 4.88 Å². The standard InChI is InChI=1S/C14H20S.H4N2O2S/c1-2-3-4-8-11-14-12-9-6-5-7-10-13-15-14;1-5(2,3)4/h5-7,9-10,12-13H,2-4,8,11H2,1H3;(H4,1,2,3,4). The Balaban J connectivity index is 0.000000621. The monoisotopic (exact) mass is 316 g/mol. The van der Waals surface area contributed by atoms with Gasteiger partial charge >= 0.3 is 0 Å². The molecule has 0 saturated carbocycles.